The van der Waals surface area contributed by atoms with E-state index in [4.69, 9.17) is 0 Å². The van der Waals surface area contributed by atoms with Gasteiger partial charge in [0, 0.05) is 0 Å². The summed E-state index contributed by atoms with van der Waals surface area (Å²) in [5, 5.41) is 2.87. The first-order chi connectivity index (χ1) is 11.1. The highest BCUT2D eigenvalue weighted by molar-refractivity contribution is 7.55. The number of benzene rings is 2. The van der Waals surface area contributed by atoms with E-state index < -0.39 is 0 Å². The standard InChI is InChI=1S/C22H29P/c1-16(2)21-14-9-17(3)15-22(21)18-10-12-20(13-11-18)23-19-7-5-4-6-8-19/h4-8,10-13,16-17,21-23H,9,14-15H2,1-3H3/t17-,21-,22+/m0/s1. The summed E-state index contributed by atoms with van der Waals surface area (Å²) in [6, 6.07) is 20.3. The van der Waals surface area contributed by atoms with Crippen LogP contribution in [-0.2, 0) is 0 Å². The van der Waals surface area contributed by atoms with E-state index in [-0.39, 0.29) is 0 Å². The molecule has 1 unspecified atom stereocenters. The minimum atomic E-state index is 0.757. The average Bonchev–Trinajstić information content (AvgIpc) is 2.56. The monoisotopic (exact) mass is 324 g/mol. The molecule has 3 rings (SSSR count). The summed E-state index contributed by atoms with van der Waals surface area (Å²) in [6.07, 6.45) is 4.17. The van der Waals surface area contributed by atoms with Crippen LogP contribution in [0.15, 0.2) is 54.6 Å². The lowest BCUT2D eigenvalue weighted by Gasteiger charge is -2.37. The van der Waals surface area contributed by atoms with Crippen LogP contribution < -0.4 is 10.6 Å². The van der Waals surface area contributed by atoms with Gasteiger partial charge in [0.2, 0.25) is 0 Å². The van der Waals surface area contributed by atoms with Gasteiger partial charge in [-0.1, -0.05) is 90.4 Å². The van der Waals surface area contributed by atoms with Gasteiger partial charge in [-0.25, -0.2) is 0 Å². The third kappa shape index (κ3) is 4.24. The van der Waals surface area contributed by atoms with Crippen molar-refractivity contribution in [2.24, 2.45) is 17.8 Å². The van der Waals surface area contributed by atoms with Crippen LogP contribution in [0.1, 0.15) is 51.5 Å². The maximum atomic E-state index is 2.43. The molecule has 0 radical (unpaired) electrons. The molecular weight excluding hydrogens is 295 g/mol. The fourth-order valence-electron chi connectivity index (χ4n) is 4.09. The minimum absolute atomic E-state index is 0.757. The molecule has 1 aliphatic rings. The van der Waals surface area contributed by atoms with Gasteiger partial charge in [0.25, 0.3) is 0 Å². The Morgan fingerprint density at radius 3 is 2.17 bits per heavy atom. The number of rotatable bonds is 4. The highest BCUT2D eigenvalue weighted by Crippen LogP contribution is 2.43. The van der Waals surface area contributed by atoms with Crippen LogP contribution in [0.3, 0.4) is 0 Å². The Kier molecular flexibility index (Phi) is 5.54. The molecule has 0 aliphatic heterocycles. The Morgan fingerprint density at radius 2 is 1.52 bits per heavy atom. The van der Waals surface area contributed by atoms with E-state index >= 15 is 0 Å². The molecule has 122 valence electrons. The van der Waals surface area contributed by atoms with Crippen molar-refractivity contribution in [1.29, 1.82) is 0 Å². The average molecular weight is 324 g/mol. The van der Waals surface area contributed by atoms with Gasteiger partial charge in [-0.3, -0.25) is 0 Å². The molecular formula is C22H29P. The van der Waals surface area contributed by atoms with Gasteiger partial charge >= 0.3 is 0 Å². The van der Waals surface area contributed by atoms with Crippen molar-refractivity contribution < 1.29 is 0 Å². The van der Waals surface area contributed by atoms with E-state index in [1.54, 1.807) is 5.56 Å². The van der Waals surface area contributed by atoms with E-state index in [1.807, 2.05) is 0 Å². The summed E-state index contributed by atoms with van der Waals surface area (Å²) in [7, 11) is 0.766. The second-order valence-corrected chi connectivity index (χ2v) is 8.95. The molecule has 2 aromatic carbocycles. The summed E-state index contributed by atoms with van der Waals surface area (Å²) in [5.41, 5.74) is 1.57. The van der Waals surface area contributed by atoms with Gasteiger partial charge in [0.1, 0.15) is 0 Å². The zero-order valence-electron chi connectivity index (χ0n) is 14.6. The quantitative estimate of drug-likeness (QED) is 0.652. The van der Waals surface area contributed by atoms with Gasteiger partial charge in [-0.2, -0.15) is 0 Å². The molecule has 0 heterocycles. The van der Waals surface area contributed by atoms with Gasteiger partial charge in [0.05, 0.1) is 0 Å². The van der Waals surface area contributed by atoms with Gasteiger partial charge in [-0.15, -0.1) is 0 Å². The number of hydrogen-bond donors (Lipinski definition) is 0. The lowest BCUT2D eigenvalue weighted by Crippen LogP contribution is -2.26. The SMILES string of the molecule is CC(C)[C@@H]1CC[C@H](C)C[C@@H]1c1ccc(Pc2ccccc2)cc1. The van der Waals surface area contributed by atoms with Crippen LogP contribution in [0.25, 0.3) is 0 Å². The van der Waals surface area contributed by atoms with Gasteiger partial charge in [-0.05, 0) is 52.7 Å². The highest BCUT2D eigenvalue weighted by Gasteiger charge is 2.31. The maximum absolute atomic E-state index is 2.43. The smallest absolute Gasteiger partial charge is 0.0129 e. The summed E-state index contributed by atoms with van der Waals surface area (Å²) in [4.78, 5) is 0. The normalized spacial score (nSPS) is 25.3. The molecule has 1 saturated carbocycles. The van der Waals surface area contributed by atoms with Crippen LogP contribution in [0.2, 0.25) is 0 Å². The first-order valence-corrected chi connectivity index (χ1v) is 10.1. The van der Waals surface area contributed by atoms with Gasteiger partial charge in [0.15, 0.2) is 0 Å². The molecule has 2 aromatic rings. The lowest BCUT2D eigenvalue weighted by atomic mass is 9.68. The van der Waals surface area contributed by atoms with E-state index in [9.17, 15) is 0 Å². The Hall–Kier alpha value is -1.13. The first kappa shape index (κ1) is 16.7. The first-order valence-electron chi connectivity index (χ1n) is 9.05. The van der Waals surface area contributed by atoms with Crippen LogP contribution in [0.5, 0.6) is 0 Å². The Bertz CT molecular complexity index is 600. The van der Waals surface area contributed by atoms with Crippen molar-refractivity contribution in [2.45, 2.75) is 46.0 Å². The molecule has 1 fully saturated rings. The van der Waals surface area contributed by atoms with E-state index in [2.05, 4.69) is 75.4 Å². The number of hydrogen-bond acceptors (Lipinski definition) is 0. The molecule has 0 nitrogen and oxygen atoms in total. The van der Waals surface area contributed by atoms with E-state index in [1.165, 1.54) is 29.9 Å². The summed E-state index contributed by atoms with van der Waals surface area (Å²) in [6.45, 7) is 7.23. The minimum Gasteiger partial charge on any atom is -0.0625 e. The third-order valence-electron chi connectivity index (χ3n) is 5.42. The predicted octanol–water partition coefficient (Wildman–Crippen LogP) is 5.49. The molecule has 1 aliphatic carbocycles. The summed E-state index contributed by atoms with van der Waals surface area (Å²) in [5.74, 6) is 3.28. The second-order valence-electron chi connectivity index (χ2n) is 7.55. The molecule has 0 N–H and O–H groups in total. The Balaban J connectivity index is 1.75. The summed E-state index contributed by atoms with van der Waals surface area (Å²) < 4.78 is 0. The zero-order valence-corrected chi connectivity index (χ0v) is 15.6. The van der Waals surface area contributed by atoms with Gasteiger partial charge < -0.3 is 0 Å². The molecule has 1 heteroatoms. The molecule has 0 amide bonds. The lowest BCUT2D eigenvalue weighted by molar-refractivity contribution is 0.197. The van der Waals surface area contributed by atoms with Crippen LogP contribution >= 0.6 is 8.58 Å². The summed E-state index contributed by atoms with van der Waals surface area (Å²) >= 11 is 0. The molecule has 0 aromatic heterocycles. The van der Waals surface area contributed by atoms with Crippen LogP contribution in [-0.4, -0.2) is 0 Å². The third-order valence-corrected chi connectivity index (χ3v) is 6.67. The molecule has 0 bridgehead atoms. The largest absolute Gasteiger partial charge is 0.0625 e. The zero-order chi connectivity index (χ0) is 16.2. The van der Waals surface area contributed by atoms with Crippen molar-refractivity contribution >= 4 is 19.2 Å². The fraction of sp³-hybridized carbons (Fsp3) is 0.455. The van der Waals surface area contributed by atoms with E-state index in [0.29, 0.717) is 0 Å². The van der Waals surface area contributed by atoms with Crippen molar-refractivity contribution in [3.05, 3.63) is 60.2 Å². The fourth-order valence-corrected chi connectivity index (χ4v) is 5.11. The van der Waals surface area contributed by atoms with Crippen LogP contribution in [0.4, 0.5) is 0 Å². The highest BCUT2D eigenvalue weighted by atomic mass is 31.1. The maximum Gasteiger partial charge on any atom is -0.0129 e. The predicted molar refractivity (Wildman–Crippen MR) is 105 cm³/mol. The topological polar surface area (TPSA) is 0 Å². The molecule has 0 spiro atoms. The Morgan fingerprint density at radius 1 is 0.870 bits per heavy atom. The van der Waals surface area contributed by atoms with E-state index in [0.717, 1.165) is 32.3 Å². The van der Waals surface area contributed by atoms with Crippen molar-refractivity contribution in [3.63, 3.8) is 0 Å². The van der Waals surface area contributed by atoms with Crippen molar-refractivity contribution in [3.8, 4) is 0 Å². The van der Waals surface area contributed by atoms with Crippen molar-refractivity contribution in [2.75, 3.05) is 0 Å². The second kappa shape index (κ2) is 7.63. The Labute approximate surface area is 143 Å². The van der Waals surface area contributed by atoms with Crippen LogP contribution in [0, 0.1) is 17.8 Å². The molecule has 4 atom stereocenters. The molecule has 23 heavy (non-hydrogen) atoms. The van der Waals surface area contributed by atoms with Crippen molar-refractivity contribution in [1.82, 2.24) is 0 Å². The molecule has 0 saturated heterocycles.